The Bertz CT molecular complexity index is 719. The van der Waals surface area contributed by atoms with Crippen molar-refractivity contribution in [3.8, 4) is 5.75 Å². The Balaban J connectivity index is 1.72. The van der Waals surface area contributed by atoms with E-state index in [4.69, 9.17) is 4.74 Å². The van der Waals surface area contributed by atoms with E-state index in [2.05, 4.69) is 15.6 Å². The number of guanidine groups is 1. The molecule has 0 saturated heterocycles. The zero-order valence-corrected chi connectivity index (χ0v) is 16.3. The molecule has 0 aromatic heterocycles. The average molecular weight is 372 g/mol. The van der Waals surface area contributed by atoms with Crippen LogP contribution in [0.5, 0.6) is 5.75 Å². The summed E-state index contributed by atoms with van der Waals surface area (Å²) in [5, 5.41) is 6.52. The molecule has 0 unspecified atom stereocenters. The van der Waals surface area contributed by atoms with Crippen molar-refractivity contribution in [3.05, 3.63) is 65.5 Å². The number of aliphatic imine (C=N–C) groups is 1. The highest BCUT2D eigenvalue weighted by Gasteiger charge is 2.06. The van der Waals surface area contributed by atoms with Gasteiger partial charge < -0.3 is 20.3 Å². The Labute approximate surface area is 161 Å². The van der Waals surface area contributed by atoms with Crippen molar-refractivity contribution in [2.45, 2.75) is 19.5 Å². The number of rotatable bonds is 9. The number of halogens is 1. The van der Waals surface area contributed by atoms with Crippen LogP contribution >= 0.6 is 0 Å². The number of para-hydroxylation sites is 1. The summed E-state index contributed by atoms with van der Waals surface area (Å²) in [5.74, 6) is 1.42. The molecule has 0 aliphatic rings. The second kappa shape index (κ2) is 11.2. The molecule has 0 atom stereocenters. The Hall–Kier alpha value is -2.60. The molecule has 0 bridgehead atoms. The van der Waals surface area contributed by atoms with Crippen LogP contribution in [0.3, 0.4) is 0 Å². The van der Waals surface area contributed by atoms with Crippen LogP contribution in [0.15, 0.2) is 53.5 Å². The van der Waals surface area contributed by atoms with E-state index in [1.54, 1.807) is 13.1 Å². The van der Waals surface area contributed by atoms with E-state index in [1.807, 2.05) is 55.4 Å². The Morgan fingerprint density at radius 2 is 1.89 bits per heavy atom. The summed E-state index contributed by atoms with van der Waals surface area (Å²) in [6.07, 6.45) is 0.860. The predicted molar refractivity (Wildman–Crippen MR) is 109 cm³/mol. The van der Waals surface area contributed by atoms with Gasteiger partial charge in [0.2, 0.25) is 0 Å². The van der Waals surface area contributed by atoms with E-state index < -0.39 is 0 Å². The highest BCUT2D eigenvalue weighted by Crippen LogP contribution is 2.12. The van der Waals surface area contributed by atoms with Crippen molar-refractivity contribution in [2.24, 2.45) is 4.99 Å². The van der Waals surface area contributed by atoms with Crippen LogP contribution in [0, 0.1) is 5.82 Å². The third-order valence-electron chi connectivity index (χ3n) is 3.91. The van der Waals surface area contributed by atoms with Gasteiger partial charge in [0.25, 0.3) is 0 Å². The van der Waals surface area contributed by atoms with Gasteiger partial charge in [0, 0.05) is 32.2 Å². The van der Waals surface area contributed by atoms with Gasteiger partial charge in [0.1, 0.15) is 11.6 Å². The highest BCUT2D eigenvalue weighted by atomic mass is 19.1. The maximum absolute atomic E-state index is 13.9. The zero-order valence-electron chi connectivity index (χ0n) is 16.3. The van der Waals surface area contributed by atoms with Crippen molar-refractivity contribution < 1.29 is 9.13 Å². The Kier molecular flexibility index (Phi) is 8.58. The first kappa shape index (κ1) is 20.7. The first-order chi connectivity index (χ1) is 13.1. The molecule has 0 saturated carbocycles. The van der Waals surface area contributed by atoms with E-state index in [-0.39, 0.29) is 5.82 Å². The molecule has 0 aliphatic carbocycles. The number of ether oxygens (including phenoxy) is 1. The van der Waals surface area contributed by atoms with Crippen LogP contribution in [-0.2, 0) is 13.1 Å². The first-order valence-corrected chi connectivity index (χ1v) is 9.13. The molecule has 2 aromatic carbocycles. The van der Waals surface area contributed by atoms with Gasteiger partial charge in [-0.05, 0) is 50.3 Å². The summed E-state index contributed by atoms with van der Waals surface area (Å²) in [4.78, 5) is 6.17. The molecule has 2 aromatic rings. The molecule has 6 heteroatoms. The van der Waals surface area contributed by atoms with Crippen LogP contribution in [0.1, 0.15) is 17.5 Å². The molecular formula is C21H29FN4O. The monoisotopic (exact) mass is 372 g/mol. The fourth-order valence-corrected chi connectivity index (χ4v) is 2.59. The summed E-state index contributed by atoms with van der Waals surface area (Å²) in [6.45, 7) is 2.55. The van der Waals surface area contributed by atoms with Gasteiger partial charge in [-0.15, -0.1) is 0 Å². The molecule has 0 heterocycles. The zero-order chi connectivity index (χ0) is 19.5. The smallest absolute Gasteiger partial charge is 0.191 e. The predicted octanol–water partition coefficient (Wildman–Crippen LogP) is 3.02. The Morgan fingerprint density at radius 1 is 1.11 bits per heavy atom. The number of nitrogens with zero attached hydrogens (tertiary/aromatic N) is 2. The molecule has 2 rings (SSSR count). The van der Waals surface area contributed by atoms with Crippen LogP contribution in [0.25, 0.3) is 0 Å². The lowest BCUT2D eigenvalue weighted by molar-refractivity contribution is 0.311. The number of benzene rings is 2. The van der Waals surface area contributed by atoms with Crippen molar-refractivity contribution in [3.63, 3.8) is 0 Å². The van der Waals surface area contributed by atoms with Crippen molar-refractivity contribution in [1.82, 2.24) is 15.5 Å². The summed E-state index contributed by atoms with van der Waals surface area (Å²) in [6, 6.07) is 15.0. The van der Waals surface area contributed by atoms with Gasteiger partial charge in [0.05, 0.1) is 6.61 Å². The van der Waals surface area contributed by atoms with Crippen molar-refractivity contribution in [1.29, 1.82) is 0 Å². The number of hydrogen-bond donors (Lipinski definition) is 2. The third kappa shape index (κ3) is 7.66. The van der Waals surface area contributed by atoms with Crippen LogP contribution in [-0.4, -0.2) is 45.2 Å². The second-order valence-electron chi connectivity index (χ2n) is 6.53. The van der Waals surface area contributed by atoms with E-state index in [9.17, 15) is 4.39 Å². The molecule has 146 valence electrons. The molecule has 0 spiro atoms. The van der Waals surface area contributed by atoms with Crippen LogP contribution in [0.2, 0.25) is 0 Å². The average Bonchev–Trinajstić information content (AvgIpc) is 2.66. The second-order valence-corrected chi connectivity index (χ2v) is 6.53. The lowest BCUT2D eigenvalue weighted by Crippen LogP contribution is -2.37. The maximum Gasteiger partial charge on any atom is 0.191 e. The summed E-state index contributed by atoms with van der Waals surface area (Å²) < 4.78 is 19.5. The minimum atomic E-state index is -0.173. The molecule has 5 nitrogen and oxygen atoms in total. The normalized spacial score (nSPS) is 11.5. The summed E-state index contributed by atoms with van der Waals surface area (Å²) >= 11 is 0. The third-order valence-corrected chi connectivity index (χ3v) is 3.91. The van der Waals surface area contributed by atoms with E-state index in [1.165, 1.54) is 6.07 Å². The van der Waals surface area contributed by atoms with Gasteiger partial charge in [-0.1, -0.05) is 24.3 Å². The summed E-state index contributed by atoms with van der Waals surface area (Å²) in [5.41, 5.74) is 1.71. The molecule has 2 N–H and O–H groups in total. The largest absolute Gasteiger partial charge is 0.494 e. The van der Waals surface area contributed by atoms with Crippen LogP contribution in [0.4, 0.5) is 4.39 Å². The first-order valence-electron chi connectivity index (χ1n) is 9.13. The van der Waals surface area contributed by atoms with E-state index in [0.29, 0.717) is 31.2 Å². The van der Waals surface area contributed by atoms with Gasteiger partial charge in [-0.3, -0.25) is 4.99 Å². The molecule has 0 amide bonds. The lowest BCUT2D eigenvalue weighted by atomic mass is 10.1. The van der Waals surface area contributed by atoms with Crippen LogP contribution < -0.4 is 15.4 Å². The van der Waals surface area contributed by atoms with E-state index >= 15 is 0 Å². The molecule has 0 fully saturated rings. The lowest BCUT2D eigenvalue weighted by Gasteiger charge is -2.14. The van der Waals surface area contributed by atoms with Crippen molar-refractivity contribution >= 4 is 5.96 Å². The standard InChI is InChI=1S/C21H29FN4O/c1-23-21(24-12-7-13-27-19-8-5-4-6-9-19)25-15-17-10-11-20(22)18(14-17)16-26(2)3/h4-6,8-11,14H,7,12-13,15-16H2,1-3H3,(H2,23,24,25). The minimum Gasteiger partial charge on any atom is -0.494 e. The fraction of sp³-hybridized carbons (Fsp3) is 0.381. The quantitative estimate of drug-likeness (QED) is 0.404. The molecular weight excluding hydrogens is 343 g/mol. The van der Waals surface area contributed by atoms with Gasteiger partial charge in [-0.25, -0.2) is 4.39 Å². The maximum atomic E-state index is 13.9. The van der Waals surface area contributed by atoms with Crippen molar-refractivity contribution in [2.75, 3.05) is 34.3 Å². The van der Waals surface area contributed by atoms with Gasteiger partial charge in [-0.2, -0.15) is 0 Å². The minimum absolute atomic E-state index is 0.173. The topological polar surface area (TPSA) is 48.9 Å². The van der Waals surface area contributed by atoms with E-state index in [0.717, 1.165) is 24.3 Å². The fourth-order valence-electron chi connectivity index (χ4n) is 2.59. The Morgan fingerprint density at radius 3 is 2.59 bits per heavy atom. The molecule has 27 heavy (non-hydrogen) atoms. The molecule has 0 aliphatic heterocycles. The SMILES string of the molecule is CN=C(NCCCOc1ccccc1)NCc1ccc(F)c(CN(C)C)c1. The highest BCUT2D eigenvalue weighted by molar-refractivity contribution is 5.79. The summed E-state index contributed by atoms with van der Waals surface area (Å²) in [7, 11) is 5.59. The molecule has 0 radical (unpaired) electrons. The van der Waals surface area contributed by atoms with Gasteiger partial charge >= 0.3 is 0 Å². The van der Waals surface area contributed by atoms with Gasteiger partial charge in [0.15, 0.2) is 5.96 Å². The number of hydrogen-bond acceptors (Lipinski definition) is 3. The number of nitrogens with one attached hydrogen (secondary N) is 2.